The number of fused-ring (bicyclic) bond motifs is 1. The maximum Gasteiger partial charge on any atom is 0.178 e. The van der Waals surface area contributed by atoms with Crippen LogP contribution < -0.4 is 4.74 Å². The highest BCUT2D eigenvalue weighted by molar-refractivity contribution is 6.08. The second-order valence-electron chi connectivity index (χ2n) is 3.04. The number of carbonyl (C=O) groups is 1. The fraction of sp³-hybridized carbons (Fsp3) is 0.200. The summed E-state index contributed by atoms with van der Waals surface area (Å²) in [6, 6.07) is 7.04. The van der Waals surface area contributed by atoms with Gasteiger partial charge in [-0.3, -0.25) is 4.79 Å². The Hall–Kier alpha value is -1.84. The first-order valence-corrected chi connectivity index (χ1v) is 4.26. The van der Waals surface area contributed by atoms with Gasteiger partial charge in [-0.2, -0.15) is 0 Å². The number of rotatable bonds is 1. The zero-order valence-electron chi connectivity index (χ0n) is 7.38. The first-order chi connectivity index (χ1) is 6.83. The zero-order chi connectivity index (χ0) is 9.97. The molecule has 1 aliphatic heterocycles. The molecular formula is C10H9NO3. The first-order valence-electron chi connectivity index (χ1n) is 4.26. The number of oxime groups is 1. The molecule has 0 spiro atoms. The lowest BCUT2D eigenvalue weighted by Gasteiger charge is -2.20. The van der Waals surface area contributed by atoms with E-state index in [9.17, 15) is 4.79 Å². The maximum absolute atomic E-state index is 11.7. The average molecular weight is 191 g/mol. The van der Waals surface area contributed by atoms with Crippen LogP contribution >= 0.6 is 0 Å². The number of carbonyl (C=O) groups excluding carboxylic acids is 1. The minimum absolute atomic E-state index is 0.0651. The summed E-state index contributed by atoms with van der Waals surface area (Å²) < 4.78 is 5.34. The van der Waals surface area contributed by atoms with Crippen molar-refractivity contribution >= 4 is 12.0 Å². The van der Waals surface area contributed by atoms with Crippen molar-refractivity contribution in [3.63, 3.8) is 0 Å². The van der Waals surface area contributed by atoms with Gasteiger partial charge in [0.1, 0.15) is 12.4 Å². The summed E-state index contributed by atoms with van der Waals surface area (Å²) in [5.41, 5.74) is 0.545. The van der Waals surface area contributed by atoms with E-state index in [1.165, 1.54) is 6.21 Å². The third-order valence-corrected chi connectivity index (χ3v) is 2.15. The highest BCUT2D eigenvalue weighted by Gasteiger charge is 2.27. The van der Waals surface area contributed by atoms with Crippen LogP contribution in [0.15, 0.2) is 29.4 Å². The van der Waals surface area contributed by atoms with Crippen molar-refractivity contribution < 1.29 is 14.7 Å². The molecule has 0 bridgehead atoms. The summed E-state index contributed by atoms with van der Waals surface area (Å²) in [5.74, 6) is 0.0552. The highest BCUT2D eigenvalue weighted by Crippen LogP contribution is 2.25. The summed E-state index contributed by atoms with van der Waals surface area (Å²) in [7, 11) is 0. The summed E-state index contributed by atoms with van der Waals surface area (Å²) in [6.07, 6.45) is 1.19. The van der Waals surface area contributed by atoms with Crippen molar-refractivity contribution in [2.45, 2.75) is 0 Å². The molecule has 0 fully saturated rings. The van der Waals surface area contributed by atoms with Crippen LogP contribution in [0.4, 0.5) is 0 Å². The van der Waals surface area contributed by atoms with E-state index >= 15 is 0 Å². The van der Waals surface area contributed by atoms with E-state index in [1.807, 2.05) is 6.07 Å². The molecule has 14 heavy (non-hydrogen) atoms. The van der Waals surface area contributed by atoms with Gasteiger partial charge in [0.15, 0.2) is 5.78 Å². The minimum Gasteiger partial charge on any atom is -0.492 e. The van der Waals surface area contributed by atoms with Gasteiger partial charge >= 0.3 is 0 Å². The van der Waals surface area contributed by atoms with E-state index in [0.717, 1.165) is 0 Å². The molecule has 1 aromatic rings. The SMILES string of the molecule is O=C1c2ccccc2OCC1/C=N/O. The molecule has 2 rings (SSSR count). The molecular weight excluding hydrogens is 182 g/mol. The van der Waals surface area contributed by atoms with Crippen molar-refractivity contribution in [1.29, 1.82) is 0 Å². The van der Waals surface area contributed by atoms with Crippen LogP contribution in [0.2, 0.25) is 0 Å². The largest absolute Gasteiger partial charge is 0.492 e. The first kappa shape index (κ1) is 8.74. The van der Waals surface area contributed by atoms with E-state index in [2.05, 4.69) is 5.16 Å². The summed E-state index contributed by atoms with van der Waals surface area (Å²) in [6.45, 7) is 0.236. The van der Waals surface area contributed by atoms with Crippen LogP contribution in [0.25, 0.3) is 0 Å². The molecule has 1 unspecified atom stereocenters. The molecule has 1 N–H and O–H groups in total. The molecule has 0 saturated carbocycles. The van der Waals surface area contributed by atoms with Gasteiger partial charge in [0, 0.05) is 0 Å². The number of hydrogen-bond donors (Lipinski definition) is 1. The quantitative estimate of drug-likeness (QED) is 0.414. The zero-order valence-corrected chi connectivity index (χ0v) is 7.38. The Morgan fingerprint density at radius 2 is 2.29 bits per heavy atom. The van der Waals surface area contributed by atoms with Crippen molar-refractivity contribution in [3.05, 3.63) is 29.8 Å². The van der Waals surface area contributed by atoms with Gasteiger partial charge in [0.25, 0.3) is 0 Å². The van der Waals surface area contributed by atoms with E-state index < -0.39 is 5.92 Å². The summed E-state index contributed by atoms with van der Waals surface area (Å²) >= 11 is 0. The normalized spacial score (nSPS) is 20.6. The van der Waals surface area contributed by atoms with Gasteiger partial charge in [0.05, 0.1) is 17.7 Å². The lowest BCUT2D eigenvalue weighted by molar-refractivity contribution is 0.0889. The predicted molar refractivity (Wildman–Crippen MR) is 50.0 cm³/mol. The van der Waals surface area contributed by atoms with E-state index in [0.29, 0.717) is 11.3 Å². The Morgan fingerprint density at radius 1 is 1.50 bits per heavy atom. The number of benzene rings is 1. The Labute approximate surface area is 80.8 Å². The van der Waals surface area contributed by atoms with Gasteiger partial charge in [0.2, 0.25) is 0 Å². The second-order valence-corrected chi connectivity index (χ2v) is 3.04. The monoisotopic (exact) mass is 191 g/mol. The van der Waals surface area contributed by atoms with E-state index in [-0.39, 0.29) is 12.4 Å². The van der Waals surface area contributed by atoms with Crippen LogP contribution in [0, 0.1) is 5.92 Å². The number of para-hydroxylation sites is 1. The molecule has 1 aliphatic rings. The molecule has 1 atom stereocenters. The summed E-state index contributed by atoms with van der Waals surface area (Å²) in [4.78, 5) is 11.7. The second kappa shape index (κ2) is 3.49. The third-order valence-electron chi connectivity index (χ3n) is 2.15. The minimum atomic E-state index is -0.477. The number of Topliss-reactive ketones (excluding diaryl/α,β-unsaturated/α-hetero) is 1. The fourth-order valence-corrected chi connectivity index (χ4v) is 1.44. The fourth-order valence-electron chi connectivity index (χ4n) is 1.44. The molecule has 1 aromatic carbocycles. The Kier molecular flexibility index (Phi) is 2.18. The van der Waals surface area contributed by atoms with Gasteiger partial charge in [-0.25, -0.2) is 0 Å². The predicted octanol–water partition coefficient (Wildman–Crippen LogP) is 1.34. The van der Waals surface area contributed by atoms with Crippen LogP contribution in [-0.4, -0.2) is 23.8 Å². The van der Waals surface area contributed by atoms with Crippen LogP contribution in [0.5, 0.6) is 5.75 Å². The third kappa shape index (κ3) is 1.35. The lowest BCUT2D eigenvalue weighted by Crippen LogP contribution is -2.28. The molecule has 72 valence electrons. The number of ketones is 1. The smallest absolute Gasteiger partial charge is 0.178 e. The molecule has 4 heteroatoms. The highest BCUT2D eigenvalue weighted by atomic mass is 16.5. The van der Waals surface area contributed by atoms with Crippen LogP contribution in [0.1, 0.15) is 10.4 Å². The molecule has 1 heterocycles. The van der Waals surface area contributed by atoms with Gasteiger partial charge in [-0.15, -0.1) is 5.16 Å². The van der Waals surface area contributed by atoms with Gasteiger partial charge < -0.3 is 9.94 Å². The van der Waals surface area contributed by atoms with Crippen molar-refractivity contribution in [2.75, 3.05) is 6.61 Å². The summed E-state index contributed by atoms with van der Waals surface area (Å²) in [5, 5.41) is 11.2. The molecule has 0 aliphatic carbocycles. The molecule has 0 aromatic heterocycles. The Bertz CT molecular complexity index is 387. The lowest BCUT2D eigenvalue weighted by atomic mass is 9.96. The van der Waals surface area contributed by atoms with Gasteiger partial charge in [-0.1, -0.05) is 12.1 Å². The van der Waals surface area contributed by atoms with Gasteiger partial charge in [-0.05, 0) is 12.1 Å². The number of ether oxygens (including phenoxy) is 1. The van der Waals surface area contributed by atoms with E-state index in [4.69, 9.17) is 9.94 Å². The van der Waals surface area contributed by atoms with Crippen molar-refractivity contribution in [2.24, 2.45) is 11.1 Å². The van der Waals surface area contributed by atoms with E-state index in [1.54, 1.807) is 18.2 Å². The molecule has 0 amide bonds. The Balaban J connectivity index is 2.36. The molecule has 4 nitrogen and oxygen atoms in total. The Morgan fingerprint density at radius 3 is 3.07 bits per heavy atom. The molecule has 0 radical (unpaired) electrons. The maximum atomic E-state index is 11.7. The molecule has 0 saturated heterocycles. The van der Waals surface area contributed by atoms with Crippen LogP contribution in [0.3, 0.4) is 0 Å². The number of nitrogens with zero attached hydrogens (tertiary/aromatic N) is 1. The number of hydrogen-bond acceptors (Lipinski definition) is 4. The van der Waals surface area contributed by atoms with Crippen LogP contribution in [-0.2, 0) is 0 Å². The average Bonchev–Trinajstić information content (AvgIpc) is 2.23. The topological polar surface area (TPSA) is 58.9 Å². The standard InChI is InChI=1S/C10H9NO3/c12-10-7(5-11-13)6-14-9-4-2-1-3-8(9)10/h1-5,7,13H,6H2/b11-5+. The van der Waals surface area contributed by atoms with Crippen molar-refractivity contribution in [3.8, 4) is 5.75 Å². The van der Waals surface area contributed by atoms with Crippen molar-refractivity contribution in [1.82, 2.24) is 0 Å².